The van der Waals surface area contributed by atoms with E-state index in [1.807, 2.05) is 12.1 Å². The Morgan fingerprint density at radius 3 is 2.21 bits per heavy atom. The van der Waals surface area contributed by atoms with Crippen LogP contribution in [0.2, 0.25) is 0 Å². The van der Waals surface area contributed by atoms with Gasteiger partial charge in [0.1, 0.15) is 5.75 Å². The van der Waals surface area contributed by atoms with E-state index < -0.39 is 18.0 Å². The highest BCUT2D eigenvalue weighted by Gasteiger charge is 2.14. The highest BCUT2D eigenvalue weighted by Crippen LogP contribution is 2.18. The molecule has 104 valence electrons. The van der Waals surface area contributed by atoms with E-state index in [0.717, 1.165) is 0 Å². The van der Waals surface area contributed by atoms with Crippen LogP contribution in [0, 0.1) is 0 Å². The van der Waals surface area contributed by atoms with E-state index in [1.165, 1.54) is 12.5 Å². The highest BCUT2D eigenvalue weighted by molar-refractivity contribution is 5.82. The first kappa shape index (κ1) is 15.0. The number of hydrogen-bond donors (Lipinski definition) is 1. The maximum atomic E-state index is 11.4. The average Bonchev–Trinajstić information content (AvgIpc) is 2.36. The fourth-order valence-electron chi connectivity index (χ4n) is 1.38. The molecule has 0 aliphatic rings. The van der Waals surface area contributed by atoms with E-state index in [-0.39, 0.29) is 6.61 Å². The Bertz CT molecular complexity index is 439. The fraction of sp³-hybridized carbons (Fsp3) is 0.429. The van der Waals surface area contributed by atoms with E-state index in [1.54, 1.807) is 12.1 Å². The van der Waals surface area contributed by atoms with Crippen molar-refractivity contribution in [2.24, 2.45) is 5.73 Å². The minimum Gasteiger partial charge on any atom is -0.482 e. The monoisotopic (exact) mass is 265 g/mol. The van der Waals surface area contributed by atoms with Crippen molar-refractivity contribution in [3.05, 3.63) is 29.8 Å². The van der Waals surface area contributed by atoms with Crippen molar-refractivity contribution in [2.75, 3.05) is 6.61 Å². The van der Waals surface area contributed by atoms with Crippen molar-refractivity contribution in [3.63, 3.8) is 0 Å². The van der Waals surface area contributed by atoms with Crippen molar-refractivity contribution < 1.29 is 19.1 Å². The molecule has 5 nitrogen and oxygen atoms in total. The molecule has 0 aliphatic heterocycles. The van der Waals surface area contributed by atoms with Crippen LogP contribution in [-0.4, -0.2) is 24.6 Å². The topological polar surface area (TPSA) is 78.6 Å². The van der Waals surface area contributed by atoms with E-state index in [9.17, 15) is 9.59 Å². The quantitative estimate of drug-likeness (QED) is 0.792. The summed E-state index contributed by atoms with van der Waals surface area (Å²) in [5, 5.41) is 0. The van der Waals surface area contributed by atoms with E-state index in [0.29, 0.717) is 11.7 Å². The van der Waals surface area contributed by atoms with Gasteiger partial charge >= 0.3 is 5.97 Å². The molecular formula is C14H19NO4. The molecule has 2 N–H and O–H groups in total. The average molecular weight is 265 g/mol. The Morgan fingerprint density at radius 2 is 1.74 bits per heavy atom. The normalized spacial score (nSPS) is 12.0. The molecule has 19 heavy (non-hydrogen) atoms. The molecule has 0 fully saturated rings. The maximum absolute atomic E-state index is 11.4. The van der Waals surface area contributed by atoms with Crippen molar-refractivity contribution in [1.29, 1.82) is 0 Å². The summed E-state index contributed by atoms with van der Waals surface area (Å²) >= 11 is 0. The fourth-order valence-corrected chi connectivity index (χ4v) is 1.38. The maximum Gasteiger partial charge on any atom is 0.344 e. The molecule has 5 heteroatoms. The van der Waals surface area contributed by atoms with Crippen LogP contribution in [0.4, 0.5) is 0 Å². The van der Waals surface area contributed by atoms with Gasteiger partial charge in [0, 0.05) is 0 Å². The Labute approximate surface area is 112 Å². The Kier molecular flexibility index (Phi) is 5.36. The number of primary amides is 1. The second-order valence-corrected chi connectivity index (χ2v) is 4.55. The Hall–Kier alpha value is -2.04. The van der Waals surface area contributed by atoms with E-state index >= 15 is 0 Å². The lowest BCUT2D eigenvalue weighted by Crippen LogP contribution is -2.32. The number of carbonyl (C=O) groups excluding carboxylic acids is 2. The highest BCUT2D eigenvalue weighted by atomic mass is 16.6. The Morgan fingerprint density at radius 1 is 1.16 bits per heavy atom. The van der Waals surface area contributed by atoms with E-state index in [4.69, 9.17) is 15.2 Å². The lowest BCUT2D eigenvalue weighted by molar-refractivity contribution is -0.155. The number of nitrogens with two attached hydrogens (primary N) is 1. The summed E-state index contributed by atoms with van der Waals surface area (Å²) in [6.07, 6.45) is -0.945. The SMILES string of the molecule is CC(C)c1ccc(OCC(=O)O[C@H](C)C(N)=O)cc1. The van der Waals surface area contributed by atoms with Crippen LogP contribution in [0.15, 0.2) is 24.3 Å². The zero-order valence-corrected chi connectivity index (χ0v) is 11.4. The number of esters is 1. The summed E-state index contributed by atoms with van der Waals surface area (Å²) in [5.41, 5.74) is 6.17. The largest absolute Gasteiger partial charge is 0.482 e. The van der Waals surface area contributed by atoms with Crippen LogP contribution < -0.4 is 10.5 Å². The molecule has 0 radical (unpaired) electrons. The van der Waals surface area contributed by atoms with Crippen LogP contribution >= 0.6 is 0 Å². The van der Waals surface area contributed by atoms with Crippen molar-refractivity contribution in [3.8, 4) is 5.75 Å². The summed E-state index contributed by atoms with van der Waals surface area (Å²) in [6, 6.07) is 7.47. The predicted molar refractivity (Wildman–Crippen MR) is 70.8 cm³/mol. The van der Waals surface area contributed by atoms with Gasteiger partial charge in [-0.3, -0.25) is 4.79 Å². The van der Waals surface area contributed by atoms with Crippen molar-refractivity contribution >= 4 is 11.9 Å². The Balaban J connectivity index is 2.44. The molecule has 1 rings (SSSR count). The molecule has 0 heterocycles. The smallest absolute Gasteiger partial charge is 0.344 e. The van der Waals surface area contributed by atoms with Gasteiger partial charge in [-0.2, -0.15) is 0 Å². The van der Waals surface area contributed by atoms with Gasteiger partial charge in [0.15, 0.2) is 12.7 Å². The number of hydrogen-bond acceptors (Lipinski definition) is 4. The summed E-state index contributed by atoms with van der Waals surface area (Å²) in [6.45, 7) is 5.35. The van der Waals surface area contributed by atoms with Crippen LogP contribution in [0.1, 0.15) is 32.3 Å². The molecule has 1 aromatic carbocycles. The van der Waals surface area contributed by atoms with Crippen molar-refractivity contribution in [1.82, 2.24) is 0 Å². The number of benzene rings is 1. The molecule has 0 unspecified atom stereocenters. The predicted octanol–water partition coefficient (Wildman–Crippen LogP) is 1.61. The van der Waals surface area contributed by atoms with Gasteiger partial charge in [-0.15, -0.1) is 0 Å². The third-order valence-electron chi connectivity index (χ3n) is 2.61. The third-order valence-corrected chi connectivity index (χ3v) is 2.61. The standard InChI is InChI=1S/C14H19NO4/c1-9(2)11-4-6-12(7-5-11)18-8-13(16)19-10(3)14(15)17/h4-7,9-10H,8H2,1-3H3,(H2,15,17)/t10-/m1/s1. The third kappa shape index (κ3) is 4.99. The van der Waals surface area contributed by atoms with Crippen LogP contribution in [0.25, 0.3) is 0 Å². The summed E-state index contributed by atoms with van der Waals surface area (Å²) in [7, 11) is 0. The molecule has 0 bridgehead atoms. The minimum atomic E-state index is -0.945. The summed E-state index contributed by atoms with van der Waals surface area (Å²) < 4.78 is 10.0. The second-order valence-electron chi connectivity index (χ2n) is 4.55. The zero-order valence-electron chi connectivity index (χ0n) is 11.4. The molecule has 0 spiro atoms. The molecule has 0 aliphatic carbocycles. The molecule has 1 atom stereocenters. The van der Waals surface area contributed by atoms with Gasteiger partial charge in [-0.25, -0.2) is 4.79 Å². The van der Waals surface area contributed by atoms with Gasteiger partial charge in [0.2, 0.25) is 0 Å². The van der Waals surface area contributed by atoms with Gasteiger partial charge in [-0.05, 0) is 30.5 Å². The van der Waals surface area contributed by atoms with E-state index in [2.05, 4.69) is 13.8 Å². The first-order valence-corrected chi connectivity index (χ1v) is 6.11. The number of carbonyl (C=O) groups is 2. The van der Waals surface area contributed by atoms with Gasteiger partial charge in [-0.1, -0.05) is 26.0 Å². The second kappa shape index (κ2) is 6.78. The van der Waals surface area contributed by atoms with Gasteiger partial charge in [0.25, 0.3) is 5.91 Å². The first-order valence-electron chi connectivity index (χ1n) is 6.11. The van der Waals surface area contributed by atoms with Crippen LogP contribution in [-0.2, 0) is 14.3 Å². The molecular weight excluding hydrogens is 246 g/mol. The number of rotatable bonds is 6. The minimum absolute atomic E-state index is 0.251. The number of amides is 1. The lowest BCUT2D eigenvalue weighted by Gasteiger charge is -2.11. The summed E-state index contributed by atoms with van der Waals surface area (Å²) in [5.74, 6) is -0.294. The van der Waals surface area contributed by atoms with Gasteiger partial charge < -0.3 is 15.2 Å². The van der Waals surface area contributed by atoms with Crippen molar-refractivity contribution in [2.45, 2.75) is 32.8 Å². The molecule has 1 amide bonds. The first-order chi connectivity index (χ1) is 8.90. The number of ether oxygens (including phenoxy) is 2. The zero-order chi connectivity index (χ0) is 14.4. The van der Waals surface area contributed by atoms with Gasteiger partial charge in [0.05, 0.1) is 0 Å². The molecule has 0 saturated carbocycles. The summed E-state index contributed by atoms with van der Waals surface area (Å²) in [4.78, 5) is 22.1. The molecule has 0 saturated heterocycles. The van der Waals surface area contributed by atoms with Crippen LogP contribution in [0.5, 0.6) is 5.75 Å². The van der Waals surface area contributed by atoms with Crippen LogP contribution in [0.3, 0.4) is 0 Å². The molecule has 1 aromatic rings. The molecule has 0 aromatic heterocycles. The lowest BCUT2D eigenvalue weighted by atomic mass is 10.0.